The van der Waals surface area contributed by atoms with Crippen LogP contribution in [0.15, 0.2) is 24.3 Å². The minimum atomic E-state index is 0.687. The third-order valence-electron chi connectivity index (χ3n) is 2.54. The molecular formula is C11H15NO. The van der Waals surface area contributed by atoms with Crippen LogP contribution in [0, 0.1) is 0 Å². The van der Waals surface area contributed by atoms with Crippen molar-refractivity contribution in [1.29, 1.82) is 0 Å². The predicted octanol–water partition coefficient (Wildman–Crippen LogP) is 1.60. The van der Waals surface area contributed by atoms with Crippen LogP contribution in [0.1, 0.15) is 12.0 Å². The molecular weight excluding hydrogens is 162 g/mol. The molecule has 2 heteroatoms. The maximum Gasteiger partial charge on any atom is 0.119 e. The SMILES string of the molecule is COc1cccc(CC2CCN2)c1. The third kappa shape index (κ3) is 2.01. The third-order valence-corrected chi connectivity index (χ3v) is 2.54. The van der Waals surface area contributed by atoms with E-state index in [1.54, 1.807) is 7.11 Å². The molecule has 1 aliphatic rings. The number of methoxy groups -OCH3 is 1. The van der Waals surface area contributed by atoms with Gasteiger partial charge in [-0.15, -0.1) is 0 Å². The van der Waals surface area contributed by atoms with Gasteiger partial charge >= 0.3 is 0 Å². The first-order chi connectivity index (χ1) is 6.38. The van der Waals surface area contributed by atoms with E-state index in [1.807, 2.05) is 12.1 Å². The highest BCUT2D eigenvalue weighted by Gasteiger charge is 2.16. The summed E-state index contributed by atoms with van der Waals surface area (Å²) in [5, 5.41) is 3.39. The van der Waals surface area contributed by atoms with Gasteiger partial charge in [0.05, 0.1) is 7.11 Å². The second kappa shape index (κ2) is 3.79. The molecule has 2 nitrogen and oxygen atoms in total. The first kappa shape index (κ1) is 8.57. The van der Waals surface area contributed by atoms with Crippen molar-refractivity contribution in [2.45, 2.75) is 18.9 Å². The number of benzene rings is 1. The maximum atomic E-state index is 5.17. The van der Waals surface area contributed by atoms with Gasteiger partial charge in [-0.3, -0.25) is 0 Å². The zero-order valence-corrected chi connectivity index (χ0v) is 7.92. The van der Waals surface area contributed by atoms with Crippen LogP contribution in [-0.4, -0.2) is 19.7 Å². The quantitative estimate of drug-likeness (QED) is 0.757. The Balaban J connectivity index is 2.01. The molecule has 70 valence electrons. The van der Waals surface area contributed by atoms with Crippen molar-refractivity contribution in [3.05, 3.63) is 29.8 Å². The summed E-state index contributed by atoms with van der Waals surface area (Å²) < 4.78 is 5.17. The molecule has 1 aromatic carbocycles. The molecule has 0 amide bonds. The van der Waals surface area contributed by atoms with Crippen LogP contribution in [0.3, 0.4) is 0 Å². The molecule has 0 spiro atoms. The van der Waals surface area contributed by atoms with E-state index in [2.05, 4.69) is 17.4 Å². The molecule has 1 aromatic rings. The van der Waals surface area contributed by atoms with Crippen LogP contribution in [-0.2, 0) is 6.42 Å². The van der Waals surface area contributed by atoms with E-state index in [-0.39, 0.29) is 0 Å². The van der Waals surface area contributed by atoms with E-state index >= 15 is 0 Å². The monoisotopic (exact) mass is 177 g/mol. The van der Waals surface area contributed by atoms with Crippen LogP contribution in [0.2, 0.25) is 0 Å². The number of ether oxygens (including phenoxy) is 1. The molecule has 0 radical (unpaired) electrons. The molecule has 0 aromatic heterocycles. The lowest BCUT2D eigenvalue weighted by molar-refractivity contribution is 0.368. The van der Waals surface area contributed by atoms with Crippen molar-refractivity contribution in [3.8, 4) is 5.75 Å². The number of hydrogen-bond acceptors (Lipinski definition) is 2. The highest BCUT2D eigenvalue weighted by molar-refractivity contribution is 5.29. The van der Waals surface area contributed by atoms with Crippen molar-refractivity contribution in [1.82, 2.24) is 5.32 Å². The molecule has 1 fully saturated rings. The summed E-state index contributed by atoms with van der Waals surface area (Å²) in [5.74, 6) is 0.955. The zero-order valence-electron chi connectivity index (χ0n) is 7.92. The van der Waals surface area contributed by atoms with Gasteiger partial charge in [0.1, 0.15) is 5.75 Å². The predicted molar refractivity (Wildman–Crippen MR) is 53.1 cm³/mol. The fraction of sp³-hybridized carbons (Fsp3) is 0.455. The molecule has 0 saturated carbocycles. The minimum absolute atomic E-state index is 0.687. The molecule has 2 rings (SSSR count). The highest BCUT2D eigenvalue weighted by atomic mass is 16.5. The highest BCUT2D eigenvalue weighted by Crippen LogP contribution is 2.16. The Hall–Kier alpha value is -1.02. The molecule has 0 bridgehead atoms. The van der Waals surface area contributed by atoms with Crippen molar-refractivity contribution < 1.29 is 4.74 Å². The summed E-state index contributed by atoms with van der Waals surface area (Å²) in [5.41, 5.74) is 1.36. The van der Waals surface area contributed by atoms with E-state index in [1.165, 1.54) is 18.5 Å². The topological polar surface area (TPSA) is 21.3 Å². The van der Waals surface area contributed by atoms with E-state index in [4.69, 9.17) is 4.74 Å². The van der Waals surface area contributed by atoms with Crippen molar-refractivity contribution in [2.75, 3.05) is 13.7 Å². The second-order valence-corrected chi connectivity index (χ2v) is 3.50. The Kier molecular flexibility index (Phi) is 2.50. The summed E-state index contributed by atoms with van der Waals surface area (Å²) in [6, 6.07) is 8.99. The summed E-state index contributed by atoms with van der Waals surface area (Å²) in [6.45, 7) is 1.18. The maximum absolute atomic E-state index is 5.17. The summed E-state index contributed by atoms with van der Waals surface area (Å²) in [4.78, 5) is 0. The van der Waals surface area contributed by atoms with Crippen LogP contribution in [0.5, 0.6) is 5.75 Å². The number of rotatable bonds is 3. The molecule has 1 aliphatic heterocycles. The first-order valence-corrected chi connectivity index (χ1v) is 4.75. The summed E-state index contributed by atoms with van der Waals surface area (Å²) >= 11 is 0. The largest absolute Gasteiger partial charge is 0.497 e. The van der Waals surface area contributed by atoms with Gasteiger partial charge < -0.3 is 10.1 Å². The van der Waals surface area contributed by atoms with Gasteiger partial charge in [-0.2, -0.15) is 0 Å². The van der Waals surface area contributed by atoms with Gasteiger partial charge in [0, 0.05) is 6.04 Å². The Morgan fingerprint density at radius 2 is 2.38 bits per heavy atom. The van der Waals surface area contributed by atoms with Crippen molar-refractivity contribution in [2.24, 2.45) is 0 Å². The van der Waals surface area contributed by atoms with Gasteiger partial charge in [0.15, 0.2) is 0 Å². The normalized spacial score (nSPS) is 20.8. The fourth-order valence-corrected chi connectivity index (χ4v) is 1.61. The van der Waals surface area contributed by atoms with Crippen LogP contribution >= 0.6 is 0 Å². The molecule has 1 heterocycles. The lowest BCUT2D eigenvalue weighted by Gasteiger charge is -2.27. The average Bonchev–Trinajstić information content (AvgIpc) is 2.12. The minimum Gasteiger partial charge on any atom is -0.497 e. The second-order valence-electron chi connectivity index (χ2n) is 3.50. The molecule has 1 N–H and O–H groups in total. The standard InChI is InChI=1S/C11H15NO/c1-13-11-4-2-3-9(8-11)7-10-5-6-12-10/h2-4,8,10,12H,5-7H2,1H3. The van der Waals surface area contributed by atoms with E-state index in [9.17, 15) is 0 Å². The molecule has 13 heavy (non-hydrogen) atoms. The Bertz CT molecular complexity index is 281. The van der Waals surface area contributed by atoms with Gasteiger partial charge in [0.25, 0.3) is 0 Å². The molecule has 0 aliphatic carbocycles. The number of nitrogens with one attached hydrogen (secondary N) is 1. The summed E-state index contributed by atoms with van der Waals surface area (Å²) in [7, 11) is 1.71. The number of hydrogen-bond donors (Lipinski definition) is 1. The van der Waals surface area contributed by atoms with Crippen molar-refractivity contribution in [3.63, 3.8) is 0 Å². The van der Waals surface area contributed by atoms with E-state index in [0.717, 1.165) is 12.2 Å². The van der Waals surface area contributed by atoms with E-state index < -0.39 is 0 Å². The zero-order chi connectivity index (χ0) is 9.10. The summed E-state index contributed by atoms with van der Waals surface area (Å²) in [6.07, 6.45) is 2.43. The van der Waals surface area contributed by atoms with Crippen molar-refractivity contribution >= 4 is 0 Å². The lowest BCUT2D eigenvalue weighted by atomic mass is 9.98. The fourth-order valence-electron chi connectivity index (χ4n) is 1.61. The Morgan fingerprint density at radius 3 is 3.00 bits per heavy atom. The Labute approximate surface area is 78.9 Å². The Morgan fingerprint density at radius 1 is 1.54 bits per heavy atom. The molecule has 1 unspecified atom stereocenters. The van der Waals surface area contributed by atoms with Gasteiger partial charge in [-0.1, -0.05) is 12.1 Å². The average molecular weight is 177 g/mol. The first-order valence-electron chi connectivity index (χ1n) is 4.75. The molecule has 1 saturated heterocycles. The van der Waals surface area contributed by atoms with E-state index in [0.29, 0.717) is 6.04 Å². The lowest BCUT2D eigenvalue weighted by Crippen LogP contribution is -2.44. The van der Waals surface area contributed by atoms with Crippen LogP contribution in [0.25, 0.3) is 0 Å². The smallest absolute Gasteiger partial charge is 0.119 e. The van der Waals surface area contributed by atoms with Gasteiger partial charge in [-0.25, -0.2) is 0 Å². The van der Waals surface area contributed by atoms with Crippen LogP contribution in [0.4, 0.5) is 0 Å². The van der Waals surface area contributed by atoms with Crippen LogP contribution < -0.4 is 10.1 Å². The molecule has 1 atom stereocenters. The van der Waals surface area contributed by atoms with Gasteiger partial charge in [-0.05, 0) is 37.1 Å². The van der Waals surface area contributed by atoms with Gasteiger partial charge in [0.2, 0.25) is 0 Å².